The van der Waals surface area contributed by atoms with Crippen LogP contribution in [0.3, 0.4) is 0 Å². The number of pyridine rings is 1. The van der Waals surface area contributed by atoms with Crippen molar-refractivity contribution in [1.82, 2.24) is 20.1 Å². The first-order chi connectivity index (χ1) is 10.2. The highest BCUT2D eigenvalue weighted by molar-refractivity contribution is 5.93. The summed E-state index contributed by atoms with van der Waals surface area (Å²) in [5.41, 5.74) is 2.99. The number of hydrogen-bond acceptors (Lipinski definition) is 4. The van der Waals surface area contributed by atoms with E-state index in [4.69, 9.17) is 0 Å². The van der Waals surface area contributed by atoms with Gasteiger partial charge in [0, 0.05) is 37.9 Å². The highest BCUT2D eigenvalue weighted by Gasteiger charge is 2.35. The number of anilines is 1. The zero-order valence-corrected chi connectivity index (χ0v) is 12.2. The van der Waals surface area contributed by atoms with Crippen molar-refractivity contribution < 1.29 is 4.79 Å². The van der Waals surface area contributed by atoms with Gasteiger partial charge in [0.25, 0.3) is 0 Å². The molecule has 0 bridgehead atoms. The Balaban J connectivity index is 1.78. The minimum Gasteiger partial charge on any atom is -0.324 e. The monoisotopic (exact) mass is 285 g/mol. The van der Waals surface area contributed by atoms with E-state index >= 15 is 0 Å². The molecule has 0 unspecified atom stereocenters. The van der Waals surface area contributed by atoms with E-state index in [0.29, 0.717) is 6.54 Å². The zero-order valence-electron chi connectivity index (χ0n) is 12.2. The van der Waals surface area contributed by atoms with E-state index < -0.39 is 0 Å². The Morgan fingerprint density at radius 3 is 2.95 bits per heavy atom. The predicted molar refractivity (Wildman–Crippen MR) is 79.9 cm³/mol. The van der Waals surface area contributed by atoms with E-state index in [0.717, 1.165) is 23.5 Å². The van der Waals surface area contributed by atoms with Crippen LogP contribution in [0.2, 0.25) is 0 Å². The van der Waals surface area contributed by atoms with E-state index in [1.54, 1.807) is 12.4 Å². The smallest absolute Gasteiger partial charge is 0.229 e. The van der Waals surface area contributed by atoms with Crippen LogP contribution >= 0.6 is 0 Å². The fraction of sp³-hybridized carbons (Fsp3) is 0.400. The van der Waals surface area contributed by atoms with E-state index in [9.17, 15) is 4.79 Å². The summed E-state index contributed by atoms with van der Waals surface area (Å²) in [7, 11) is 1.92. The standard InChI is InChI=1S/C15H19N5O/c1-10-12(9-18-20(10)2)13-7-17-8-14(13)15(21)19-11-4-3-5-16-6-11/h3-6,9,13-14,17H,7-8H2,1-2H3,(H,19,21)/t13-,14+/m1/s1. The van der Waals surface area contributed by atoms with Crippen molar-refractivity contribution in [3.05, 3.63) is 42.0 Å². The molecule has 0 saturated carbocycles. The van der Waals surface area contributed by atoms with Crippen LogP contribution in [0.5, 0.6) is 0 Å². The number of hydrogen-bond donors (Lipinski definition) is 2. The summed E-state index contributed by atoms with van der Waals surface area (Å²) in [5, 5.41) is 10.5. The van der Waals surface area contributed by atoms with Gasteiger partial charge in [-0.15, -0.1) is 0 Å². The average Bonchev–Trinajstić information content (AvgIpc) is 3.08. The molecule has 3 heterocycles. The quantitative estimate of drug-likeness (QED) is 0.884. The Morgan fingerprint density at radius 2 is 2.29 bits per heavy atom. The second kappa shape index (κ2) is 5.65. The van der Waals surface area contributed by atoms with Gasteiger partial charge in [-0.2, -0.15) is 5.10 Å². The third-order valence-corrected chi connectivity index (χ3v) is 4.15. The van der Waals surface area contributed by atoms with Crippen molar-refractivity contribution in [2.24, 2.45) is 13.0 Å². The van der Waals surface area contributed by atoms with E-state index in [2.05, 4.69) is 20.7 Å². The van der Waals surface area contributed by atoms with Crippen LogP contribution in [0.1, 0.15) is 17.2 Å². The van der Waals surface area contributed by atoms with Crippen molar-refractivity contribution in [3.8, 4) is 0 Å². The first kappa shape index (κ1) is 13.8. The Hall–Kier alpha value is -2.21. The largest absolute Gasteiger partial charge is 0.324 e. The number of aromatic nitrogens is 3. The molecule has 1 saturated heterocycles. The topological polar surface area (TPSA) is 71.8 Å². The Kier molecular flexibility index (Phi) is 3.70. The van der Waals surface area contributed by atoms with Crippen LogP contribution in [0.4, 0.5) is 5.69 Å². The van der Waals surface area contributed by atoms with Gasteiger partial charge in [-0.25, -0.2) is 0 Å². The molecular weight excluding hydrogens is 266 g/mol. The van der Waals surface area contributed by atoms with Crippen LogP contribution in [0.25, 0.3) is 0 Å². The van der Waals surface area contributed by atoms with Gasteiger partial charge < -0.3 is 10.6 Å². The highest BCUT2D eigenvalue weighted by atomic mass is 16.2. The number of nitrogens with zero attached hydrogens (tertiary/aromatic N) is 3. The van der Waals surface area contributed by atoms with E-state index in [1.165, 1.54) is 0 Å². The normalized spacial score (nSPS) is 21.4. The molecule has 6 heteroatoms. The molecule has 2 aromatic heterocycles. The second-order valence-electron chi connectivity index (χ2n) is 5.41. The summed E-state index contributed by atoms with van der Waals surface area (Å²) in [6, 6.07) is 3.66. The van der Waals surface area contributed by atoms with Crippen LogP contribution in [-0.4, -0.2) is 33.8 Å². The highest BCUT2D eigenvalue weighted by Crippen LogP contribution is 2.30. The maximum Gasteiger partial charge on any atom is 0.229 e. The predicted octanol–water partition coefficient (Wildman–Crippen LogP) is 1.07. The summed E-state index contributed by atoms with van der Waals surface area (Å²) in [6.07, 6.45) is 5.22. The first-order valence-corrected chi connectivity index (χ1v) is 7.07. The van der Waals surface area contributed by atoms with Gasteiger partial charge in [0.15, 0.2) is 0 Å². The zero-order chi connectivity index (χ0) is 14.8. The fourth-order valence-corrected chi connectivity index (χ4v) is 2.83. The molecule has 2 N–H and O–H groups in total. The maximum absolute atomic E-state index is 12.5. The molecule has 2 aromatic rings. The SMILES string of the molecule is Cc1c([C@H]2CNC[C@@H]2C(=O)Nc2cccnc2)cnn1C. The molecule has 1 amide bonds. The summed E-state index contributed by atoms with van der Waals surface area (Å²) in [4.78, 5) is 16.5. The van der Waals surface area contributed by atoms with Crippen LogP contribution in [0.15, 0.2) is 30.7 Å². The van der Waals surface area contributed by atoms with Gasteiger partial charge in [0.2, 0.25) is 5.91 Å². The molecule has 1 aliphatic heterocycles. The second-order valence-corrected chi connectivity index (χ2v) is 5.41. The van der Waals surface area contributed by atoms with Gasteiger partial charge >= 0.3 is 0 Å². The van der Waals surface area contributed by atoms with Gasteiger partial charge in [0.1, 0.15) is 0 Å². The Bertz CT molecular complexity index is 637. The molecule has 1 aliphatic rings. The molecule has 21 heavy (non-hydrogen) atoms. The first-order valence-electron chi connectivity index (χ1n) is 7.07. The number of rotatable bonds is 3. The molecule has 110 valence electrons. The Morgan fingerprint density at radius 1 is 1.43 bits per heavy atom. The molecule has 2 atom stereocenters. The third-order valence-electron chi connectivity index (χ3n) is 4.15. The maximum atomic E-state index is 12.5. The number of aryl methyl sites for hydroxylation is 1. The molecule has 1 fully saturated rings. The number of carbonyl (C=O) groups excluding carboxylic acids is 1. The summed E-state index contributed by atoms with van der Waals surface area (Å²) >= 11 is 0. The average molecular weight is 285 g/mol. The molecule has 0 radical (unpaired) electrons. The molecule has 0 aromatic carbocycles. The lowest BCUT2D eigenvalue weighted by Gasteiger charge is -2.18. The lowest BCUT2D eigenvalue weighted by molar-refractivity contribution is -0.119. The lowest BCUT2D eigenvalue weighted by Crippen LogP contribution is -2.28. The van der Waals surface area contributed by atoms with Crippen molar-refractivity contribution in [2.75, 3.05) is 18.4 Å². The molecule has 6 nitrogen and oxygen atoms in total. The number of amides is 1. The van der Waals surface area contributed by atoms with Crippen molar-refractivity contribution in [2.45, 2.75) is 12.8 Å². The van der Waals surface area contributed by atoms with Crippen LogP contribution in [-0.2, 0) is 11.8 Å². The Labute approximate surface area is 123 Å². The molecule has 0 aliphatic carbocycles. The van der Waals surface area contributed by atoms with E-state index in [-0.39, 0.29) is 17.7 Å². The van der Waals surface area contributed by atoms with Crippen molar-refractivity contribution in [3.63, 3.8) is 0 Å². The van der Waals surface area contributed by atoms with Crippen LogP contribution in [0, 0.1) is 12.8 Å². The fourth-order valence-electron chi connectivity index (χ4n) is 2.83. The van der Waals surface area contributed by atoms with Gasteiger partial charge in [-0.3, -0.25) is 14.5 Å². The number of carbonyl (C=O) groups is 1. The third kappa shape index (κ3) is 2.67. The minimum absolute atomic E-state index is 0.0289. The summed E-state index contributed by atoms with van der Waals surface area (Å²) in [6.45, 7) is 3.53. The molecule has 3 rings (SSSR count). The van der Waals surface area contributed by atoms with E-state index in [1.807, 2.05) is 37.0 Å². The summed E-state index contributed by atoms with van der Waals surface area (Å²) in [5.74, 6) is 0.102. The minimum atomic E-state index is -0.0897. The molecular formula is C15H19N5O. The van der Waals surface area contributed by atoms with Crippen molar-refractivity contribution >= 4 is 11.6 Å². The lowest BCUT2D eigenvalue weighted by atomic mass is 9.88. The number of nitrogens with one attached hydrogen (secondary N) is 2. The van der Waals surface area contributed by atoms with Crippen molar-refractivity contribution in [1.29, 1.82) is 0 Å². The van der Waals surface area contributed by atoms with Gasteiger partial charge in [-0.05, 0) is 24.6 Å². The molecule has 0 spiro atoms. The van der Waals surface area contributed by atoms with Gasteiger partial charge in [0.05, 0.1) is 24.0 Å². The van der Waals surface area contributed by atoms with Crippen LogP contribution < -0.4 is 10.6 Å². The summed E-state index contributed by atoms with van der Waals surface area (Å²) < 4.78 is 1.85. The van der Waals surface area contributed by atoms with Gasteiger partial charge in [-0.1, -0.05) is 0 Å².